The normalized spacial score (nSPS) is 24.6. The van der Waals surface area contributed by atoms with E-state index >= 15 is 0 Å². The van der Waals surface area contributed by atoms with E-state index < -0.39 is 0 Å². The highest BCUT2D eigenvalue weighted by Gasteiger charge is 2.43. The molecule has 0 unspecified atom stereocenters. The summed E-state index contributed by atoms with van der Waals surface area (Å²) in [4.78, 5) is 10.00. The number of nitrogen functional groups attached to an aromatic ring is 1. The molecule has 4 aromatic rings. The molecule has 6 heterocycles. The van der Waals surface area contributed by atoms with Crippen LogP contribution in [0.3, 0.4) is 0 Å². The number of nitrogens with one attached hydrogen (secondary N) is 1. The summed E-state index contributed by atoms with van der Waals surface area (Å²) in [6, 6.07) is 16.5. The number of nitrogens with two attached hydrogens (primary N) is 1. The van der Waals surface area contributed by atoms with Crippen LogP contribution < -0.4 is 10.5 Å². The topological polar surface area (TPSA) is 93.0 Å². The van der Waals surface area contributed by atoms with E-state index in [1.54, 1.807) is 0 Å². The van der Waals surface area contributed by atoms with Crippen molar-refractivity contribution in [1.82, 2.24) is 25.1 Å². The van der Waals surface area contributed by atoms with E-state index in [2.05, 4.69) is 37.2 Å². The molecular formula is C25H26N6O. The summed E-state index contributed by atoms with van der Waals surface area (Å²) >= 11 is 0. The molecule has 3 fully saturated rings. The Morgan fingerprint density at radius 2 is 1.97 bits per heavy atom. The minimum Gasteiger partial charge on any atom is -0.471 e. The van der Waals surface area contributed by atoms with E-state index in [9.17, 15) is 0 Å². The number of pyridine rings is 1. The van der Waals surface area contributed by atoms with Crippen LogP contribution in [0.5, 0.6) is 5.88 Å². The van der Waals surface area contributed by atoms with Gasteiger partial charge in [0.05, 0.1) is 11.7 Å². The molecule has 3 saturated heterocycles. The number of anilines is 1. The summed E-state index contributed by atoms with van der Waals surface area (Å²) in [7, 11) is 0. The smallest absolute Gasteiger partial charge is 0.233 e. The van der Waals surface area contributed by atoms with Crippen LogP contribution in [0, 0.1) is 5.92 Å². The minimum absolute atomic E-state index is 0.122. The van der Waals surface area contributed by atoms with Crippen LogP contribution >= 0.6 is 0 Å². The SMILES string of the molecule is Nc1cc2cc(-c3ccc(O[C@H]4C5CCN(CC5)[C@@H]4Cc4cccnc4)nn3)ccc2[nH]1. The molecule has 0 spiro atoms. The second kappa shape index (κ2) is 7.91. The van der Waals surface area contributed by atoms with Crippen LogP contribution in [-0.2, 0) is 6.42 Å². The van der Waals surface area contributed by atoms with Gasteiger partial charge >= 0.3 is 0 Å². The van der Waals surface area contributed by atoms with Gasteiger partial charge in [-0.3, -0.25) is 9.88 Å². The average Bonchev–Trinajstić information content (AvgIpc) is 3.21. The van der Waals surface area contributed by atoms with Gasteiger partial charge in [0.1, 0.15) is 11.9 Å². The first kappa shape index (κ1) is 19.3. The van der Waals surface area contributed by atoms with Crippen molar-refractivity contribution in [1.29, 1.82) is 0 Å². The van der Waals surface area contributed by atoms with Gasteiger partial charge in [-0.1, -0.05) is 12.1 Å². The lowest BCUT2D eigenvalue weighted by atomic mass is 9.78. The number of ether oxygens (including phenoxy) is 1. The van der Waals surface area contributed by atoms with Gasteiger partial charge in [-0.15, -0.1) is 10.2 Å². The molecule has 7 nitrogen and oxygen atoms in total. The number of piperidine rings is 3. The number of hydrogen-bond donors (Lipinski definition) is 2. The van der Waals surface area contributed by atoms with E-state index in [0.717, 1.165) is 41.7 Å². The summed E-state index contributed by atoms with van der Waals surface area (Å²) in [5.41, 5.74) is 9.96. The summed E-state index contributed by atoms with van der Waals surface area (Å²) in [6.45, 7) is 2.29. The zero-order valence-electron chi connectivity index (χ0n) is 17.8. The first-order chi connectivity index (χ1) is 15.7. The molecule has 0 amide bonds. The summed E-state index contributed by atoms with van der Waals surface area (Å²) < 4.78 is 6.48. The molecule has 3 aromatic heterocycles. The molecule has 3 N–H and O–H groups in total. The molecule has 7 rings (SSSR count). The predicted molar refractivity (Wildman–Crippen MR) is 124 cm³/mol. The quantitative estimate of drug-likeness (QED) is 0.506. The Hall–Kier alpha value is -3.45. The number of benzene rings is 1. The monoisotopic (exact) mass is 426 g/mol. The highest BCUT2D eigenvalue weighted by molar-refractivity contribution is 5.87. The molecule has 0 radical (unpaired) electrons. The third-order valence-corrected chi connectivity index (χ3v) is 6.89. The number of aromatic amines is 1. The maximum Gasteiger partial charge on any atom is 0.233 e. The number of hydrogen-bond acceptors (Lipinski definition) is 6. The van der Waals surface area contributed by atoms with Crippen LogP contribution in [0.2, 0.25) is 0 Å². The highest BCUT2D eigenvalue weighted by Crippen LogP contribution is 2.36. The lowest BCUT2D eigenvalue weighted by molar-refractivity contribution is -0.0599. The van der Waals surface area contributed by atoms with E-state index in [-0.39, 0.29) is 6.10 Å². The van der Waals surface area contributed by atoms with E-state index in [4.69, 9.17) is 10.5 Å². The molecule has 3 aliphatic rings. The Kier molecular flexibility index (Phi) is 4.76. The van der Waals surface area contributed by atoms with E-state index in [1.807, 2.05) is 48.8 Å². The van der Waals surface area contributed by atoms with Crippen molar-refractivity contribution in [3.05, 3.63) is 66.5 Å². The Bertz CT molecular complexity index is 1210. The number of rotatable bonds is 5. The van der Waals surface area contributed by atoms with Crippen LogP contribution in [0.25, 0.3) is 22.2 Å². The zero-order chi connectivity index (χ0) is 21.5. The Labute approximate surface area is 186 Å². The number of H-pyrrole nitrogens is 1. The maximum absolute atomic E-state index is 6.48. The Morgan fingerprint density at radius 3 is 2.75 bits per heavy atom. The third-order valence-electron chi connectivity index (χ3n) is 6.89. The van der Waals surface area contributed by atoms with Crippen molar-refractivity contribution < 1.29 is 4.74 Å². The van der Waals surface area contributed by atoms with Crippen molar-refractivity contribution in [2.45, 2.75) is 31.4 Å². The zero-order valence-corrected chi connectivity index (χ0v) is 17.8. The predicted octanol–water partition coefficient (Wildman–Crippen LogP) is 3.69. The van der Waals surface area contributed by atoms with E-state index in [0.29, 0.717) is 23.7 Å². The third kappa shape index (κ3) is 3.58. The van der Waals surface area contributed by atoms with Crippen molar-refractivity contribution in [3.63, 3.8) is 0 Å². The van der Waals surface area contributed by atoms with Gasteiger partial charge in [0, 0.05) is 34.9 Å². The van der Waals surface area contributed by atoms with Crippen molar-refractivity contribution in [2.75, 3.05) is 18.8 Å². The molecule has 0 aliphatic carbocycles. The van der Waals surface area contributed by atoms with Gasteiger partial charge in [0.15, 0.2) is 0 Å². The van der Waals surface area contributed by atoms with Gasteiger partial charge in [-0.05, 0) is 74.2 Å². The van der Waals surface area contributed by atoms with Crippen LogP contribution in [0.4, 0.5) is 5.82 Å². The standard InChI is InChI=1S/C25H26N6O/c26-23-14-19-13-18(3-4-20(19)28-23)21-5-6-24(30-29-21)32-25-17-7-10-31(11-8-17)22(25)12-16-2-1-9-27-15-16/h1-6,9,13-15,17,22,25,28H,7-8,10-12,26H2/t22-,25+/m1/s1. The molecule has 0 saturated carbocycles. The molecule has 2 atom stereocenters. The molecular weight excluding hydrogens is 400 g/mol. The summed E-state index contributed by atoms with van der Waals surface area (Å²) in [5, 5.41) is 9.95. The second-order valence-corrected chi connectivity index (χ2v) is 8.87. The van der Waals surface area contributed by atoms with E-state index in [1.165, 1.54) is 18.4 Å². The summed E-state index contributed by atoms with van der Waals surface area (Å²) in [5.74, 6) is 1.81. The van der Waals surface area contributed by atoms with Gasteiger partial charge in [-0.2, -0.15) is 0 Å². The largest absolute Gasteiger partial charge is 0.471 e. The fourth-order valence-corrected chi connectivity index (χ4v) is 5.27. The van der Waals surface area contributed by atoms with Crippen molar-refractivity contribution in [3.8, 4) is 17.1 Å². The number of fused-ring (bicyclic) bond motifs is 4. The summed E-state index contributed by atoms with van der Waals surface area (Å²) in [6.07, 6.45) is 7.21. The van der Waals surface area contributed by atoms with Crippen LogP contribution in [0.1, 0.15) is 18.4 Å². The number of nitrogens with zero attached hydrogens (tertiary/aromatic N) is 4. The molecule has 32 heavy (non-hydrogen) atoms. The maximum atomic E-state index is 6.48. The van der Waals surface area contributed by atoms with Gasteiger partial charge in [0.25, 0.3) is 0 Å². The van der Waals surface area contributed by atoms with Crippen molar-refractivity contribution >= 4 is 16.7 Å². The minimum atomic E-state index is 0.122. The number of aromatic nitrogens is 4. The molecule has 3 aliphatic heterocycles. The fourth-order valence-electron chi connectivity index (χ4n) is 5.27. The van der Waals surface area contributed by atoms with Crippen LogP contribution in [0.15, 0.2) is 60.9 Å². The second-order valence-electron chi connectivity index (χ2n) is 8.87. The first-order valence-corrected chi connectivity index (χ1v) is 11.2. The van der Waals surface area contributed by atoms with Crippen LogP contribution in [-0.4, -0.2) is 50.3 Å². The highest BCUT2D eigenvalue weighted by atomic mass is 16.5. The van der Waals surface area contributed by atoms with Gasteiger partial charge in [0.2, 0.25) is 5.88 Å². The van der Waals surface area contributed by atoms with Gasteiger partial charge < -0.3 is 15.5 Å². The Balaban J connectivity index is 1.22. The van der Waals surface area contributed by atoms with Crippen molar-refractivity contribution in [2.24, 2.45) is 5.92 Å². The molecule has 7 heteroatoms. The molecule has 162 valence electrons. The average molecular weight is 427 g/mol. The lowest BCUT2D eigenvalue weighted by Gasteiger charge is -2.50. The Morgan fingerprint density at radius 1 is 1.06 bits per heavy atom. The first-order valence-electron chi connectivity index (χ1n) is 11.2. The molecule has 2 bridgehead atoms. The fraction of sp³-hybridized carbons (Fsp3) is 0.320. The molecule has 1 aromatic carbocycles. The van der Waals surface area contributed by atoms with Gasteiger partial charge in [-0.25, -0.2) is 0 Å². The lowest BCUT2D eigenvalue weighted by Crippen LogP contribution is -2.60.